The van der Waals surface area contributed by atoms with Gasteiger partial charge in [-0.05, 0) is 104 Å². The summed E-state index contributed by atoms with van der Waals surface area (Å²) in [6.07, 6.45) is 2.02. The van der Waals surface area contributed by atoms with Gasteiger partial charge in [-0.15, -0.1) is 48.1 Å². The van der Waals surface area contributed by atoms with E-state index >= 15 is 0 Å². The molecule has 1 aliphatic rings. The summed E-state index contributed by atoms with van der Waals surface area (Å²) in [4.78, 5) is 9.72. The topological polar surface area (TPSA) is 33.5 Å². The van der Waals surface area contributed by atoms with Crippen LogP contribution >= 0.6 is 0 Å². The van der Waals surface area contributed by atoms with Crippen LogP contribution in [0.2, 0.25) is 0 Å². The molecule has 3 heterocycles. The van der Waals surface area contributed by atoms with E-state index in [0.717, 1.165) is 67.1 Å². The zero-order valence-electron chi connectivity index (χ0n) is 42.5. The maximum absolute atomic E-state index is 6.74. The van der Waals surface area contributed by atoms with Crippen LogP contribution in [0.1, 0.15) is 83.2 Å². The van der Waals surface area contributed by atoms with Crippen molar-refractivity contribution < 1.29 is 25.8 Å². The van der Waals surface area contributed by atoms with Crippen LogP contribution in [0.3, 0.4) is 0 Å². The summed E-state index contributed by atoms with van der Waals surface area (Å²) in [5.74, 6) is 2.01. The molecule has 0 saturated carbocycles. The Hall–Kier alpha value is -7.20. The number of hydrogen-bond acceptors (Lipinski definition) is 4. The van der Waals surface area contributed by atoms with Crippen LogP contribution in [-0.4, -0.2) is 9.55 Å². The maximum Gasteiger partial charge on any atom is 0.135 e. The Morgan fingerprint density at radius 1 is 0.500 bits per heavy atom. The van der Waals surface area contributed by atoms with E-state index in [2.05, 4.69) is 259 Å². The number of aromatic nitrogens is 2. The first kappa shape index (κ1) is 48.4. The third-order valence-electron chi connectivity index (χ3n) is 14.3. The van der Waals surface area contributed by atoms with Crippen molar-refractivity contribution in [3.8, 4) is 39.6 Å². The largest absolute Gasteiger partial charge is 0.509 e. The fourth-order valence-corrected chi connectivity index (χ4v) is 9.99. The monoisotopic (exact) mass is 1120 g/mol. The van der Waals surface area contributed by atoms with E-state index in [4.69, 9.17) is 9.72 Å². The number of aryl methyl sites for hydroxylation is 1. The third-order valence-corrected chi connectivity index (χ3v) is 14.3. The fraction of sp³-hybridized carbons (Fsp3) is 0.182. The van der Waals surface area contributed by atoms with E-state index in [1.807, 2.05) is 24.4 Å². The fourth-order valence-electron chi connectivity index (χ4n) is 9.99. The zero-order valence-corrected chi connectivity index (χ0v) is 44.8. The van der Waals surface area contributed by atoms with Gasteiger partial charge in [-0.25, -0.2) is 4.98 Å². The minimum Gasteiger partial charge on any atom is -0.509 e. The molecule has 11 rings (SSSR count). The Balaban J connectivity index is 0.00000596. The van der Waals surface area contributed by atoms with E-state index in [1.165, 1.54) is 33.4 Å². The zero-order chi connectivity index (χ0) is 49.2. The first-order valence-electron chi connectivity index (χ1n) is 24.7. The molecular weight excluding hydrogens is 1060 g/mol. The van der Waals surface area contributed by atoms with E-state index in [-0.39, 0.29) is 37.3 Å². The summed E-state index contributed by atoms with van der Waals surface area (Å²) in [6.45, 7) is 22.6. The Morgan fingerprint density at radius 3 is 1.92 bits per heavy atom. The molecule has 8 aromatic carbocycles. The van der Waals surface area contributed by atoms with Gasteiger partial charge in [0.15, 0.2) is 0 Å². The van der Waals surface area contributed by atoms with Crippen molar-refractivity contribution >= 4 is 44.6 Å². The molecule has 10 aromatic rings. The smallest absolute Gasteiger partial charge is 0.135 e. The normalized spacial score (nSPS) is 12.8. The summed E-state index contributed by atoms with van der Waals surface area (Å²) >= 11 is 0. The summed E-state index contributed by atoms with van der Waals surface area (Å²) < 4.78 is 8.95. The third kappa shape index (κ3) is 9.05. The van der Waals surface area contributed by atoms with Crippen molar-refractivity contribution in [1.82, 2.24) is 9.55 Å². The van der Waals surface area contributed by atoms with Crippen molar-refractivity contribution in [1.29, 1.82) is 0 Å². The first-order valence-corrected chi connectivity index (χ1v) is 24.7. The average Bonchev–Trinajstić information content (AvgIpc) is 3.92. The quantitative estimate of drug-likeness (QED) is 0.135. The number of fused-ring (bicyclic) bond motifs is 4. The van der Waals surface area contributed by atoms with Crippen LogP contribution in [0.4, 0.5) is 22.7 Å². The number of para-hydroxylation sites is 1. The molecule has 0 N–H and O–H groups in total. The molecule has 0 fully saturated rings. The predicted octanol–water partition coefficient (Wildman–Crippen LogP) is 17.5. The van der Waals surface area contributed by atoms with Crippen LogP contribution in [0.15, 0.2) is 188 Å². The Morgan fingerprint density at radius 2 is 1.17 bits per heavy atom. The van der Waals surface area contributed by atoms with Gasteiger partial charge in [-0.1, -0.05) is 176 Å². The van der Waals surface area contributed by atoms with Crippen molar-refractivity contribution in [2.24, 2.45) is 0 Å². The van der Waals surface area contributed by atoms with Gasteiger partial charge in [0.05, 0.1) is 0 Å². The van der Waals surface area contributed by atoms with Crippen LogP contribution in [0.25, 0.3) is 49.9 Å². The standard InChI is InChI=1S/C66H59N4O.Pt/c1-44-34-63(67-42-58(44)46-22-18-25-50(35-46)66(8,9)48-23-14-11-15-24-48)70-59-29-17-16-28-56(59)57-32-31-55(41-61(57)70)71-54-27-19-26-52(40-54)68-43-69(60-33-30-49(39-62(60)68)64(2,3)4)53-37-47(45-20-12-10-13-21-45)36-51(38-53)65(5,6)7;/h10-39,42-43H,1-9H3;/q-3;. The van der Waals surface area contributed by atoms with E-state index in [9.17, 15) is 0 Å². The second-order valence-corrected chi connectivity index (χ2v) is 21.6. The summed E-state index contributed by atoms with van der Waals surface area (Å²) in [5.41, 5.74) is 16.7. The Kier molecular flexibility index (Phi) is 12.6. The molecule has 0 saturated heterocycles. The number of hydrogen-bond donors (Lipinski definition) is 0. The molecule has 0 aliphatic carbocycles. The van der Waals surface area contributed by atoms with Gasteiger partial charge >= 0.3 is 0 Å². The molecule has 0 atom stereocenters. The summed E-state index contributed by atoms with van der Waals surface area (Å²) in [5, 5.41) is 2.21. The van der Waals surface area contributed by atoms with E-state index < -0.39 is 0 Å². The van der Waals surface area contributed by atoms with Gasteiger partial charge in [0.25, 0.3) is 0 Å². The number of benzene rings is 8. The molecule has 0 radical (unpaired) electrons. The van der Waals surface area contributed by atoms with Crippen LogP contribution in [-0.2, 0) is 37.3 Å². The maximum atomic E-state index is 6.74. The first-order chi connectivity index (χ1) is 34.1. The van der Waals surface area contributed by atoms with Crippen LogP contribution < -0.4 is 14.5 Å². The van der Waals surface area contributed by atoms with Crippen LogP contribution in [0, 0.1) is 25.7 Å². The Bertz CT molecular complexity index is 3620. The van der Waals surface area contributed by atoms with Gasteiger partial charge in [-0.3, -0.25) is 0 Å². The minimum absolute atomic E-state index is 0. The van der Waals surface area contributed by atoms with Crippen molar-refractivity contribution in [3.05, 3.63) is 235 Å². The molecule has 362 valence electrons. The predicted molar refractivity (Wildman–Crippen MR) is 296 cm³/mol. The summed E-state index contributed by atoms with van der Waals surface area (Å²) in [6, 6.07) is 72.4. The second-order valence-electron chi connectivity index (χ2n) is 21.6. The minimum atomic E-state index is -0.154. The van der Waals surface area contributed by atoms with Crippen molar-refractivity contribution in [2.75, 3.05) is 9.80 Å². The molecule has 1 aliphatic heterocycles. The second kappa shape index (κ2) is 18.8. The number of rotatable bonds is 9. The molecule has 0 unspecified atom stereocenters. The molecule has 5 nitrogen and oxygen atoms in total. The number of ether oxygens (including phenoxy) is 1. The number of nitrogens with zero attached hydrogens (tertiary/aromatic N) is 4. The SMILES string of the molecule is Cc1cc(-n2c3[c-]c(Oc4[c-]c(N5[CH-]N(c6cc(-c7ccccc7)cc(C(C)(C)C)c6)c6ccc(C(C)(C)C)cc65)ccc4)ccc3c3ccccc32)ncc1-c1cccc(C(C)(C)c2ccccc2)c1.[Pt]. The van der Waals surface area contributed by atoms with Crippen LogP contribution in [0.5, 0.6) is 11.5 Å². The van der Waals surface area contributed by atoms with E-state index in [0.29, 0.717) is 11.5 Å². The Labute approximate surface area is 440 Å². The van der Waals surface area contributed by atoms with Crippen molar-refractivity contribution in [2.45, 2.75) is 78.6 Å². The average molecular weight is 1120 g/mol. The number of anilines is 4. The molecule has 72 heavy (non-hydrogen) atoms. The van der Waals surface area contributed by atoms with Gasteiger partial charge in [0, 0.05) is 72.3 Å². The molecule has 0 amide bonds. The van der Waals surface area contributed by atoms with Gasteiger partial charge in [0.2, 0.25) is 0 Å². The van der Waals surface area contributed by atoms with Crippen molar-refractivity contribution in [3.63, 3.8) is 0 Å². The summed E-state index contributed by atoms with van der Waals surface area (Å²) in [7, 11) is 0. The molecule has 6 heteroatoms. The van der Waals surface area contributed by atoms with Gasteiger partial charge in [0.1, 0.15) is 5.82 Å². The molecule has 0 spiro atoms. The van der Waals surface area contributed by atoms with Gasteiger partial charge in [-0.2, -0.15) is 12.1 Å². The van der Waals surface area contributed by atoms with Gasteiger partial charge < -0.3 is 19.1 Å². The molecule has 0 bridgehead atoms. The molecular formula is C66H59N4OPt-3. The number of pyridine rings is 1. The van der Waals surface area contributed by atoms with E-state index in [1.54, 1.807) is 0 Å². The molecule has 2 aromatic heterocycles.